The van der Waals surface area contributed by atoms with Crippen molar-refractivity contribution in [3.8, 4) is 6.07 Å². The van der Waals surface area contributed by atoms with Crippen LogP contribution in [0.15, 0.2) is 42.5 Å². The van der Waals surface area contributed by atoms with E-state index in [9.17, 15) is 14.4 Å². The minimum absolute atomic E-state index is 0.0457. The van der Waals surface area contributed by atoms with Crippen molar-refractivity contribution in [1.29, 1.82) is 5.26 Å². The summed E-state index contributed by atoms with van der Waals surface area (Å²) < 4.78 is 5.10. The van der Waals surface area contributed by atoms with E-state index >= 15 is 0 Å². The average molecular weight is 398 g/mol. The van der Waals surface area contributed by atoms with Crippen molar-refractivity contribution in [2.45, 2.75) is 12.8 Å². The molecular weight excluding hydrogens is 382 g/mol. The number of nitrogens with one attached hydrogen (secondary N) is 1. The summed E-state index contributed by atoms with van der Waals surface area (Å²) in [7, 11) is 0. The van der Waals surface area contributed by atoms with Crippen molar-refractivity contribution in [1.82, 2.24) is 0 Å². The highest BCUT2D eigenvalue weighted by atomic mass is 35.5. The van der Waals surface area contributed by atoms with Crippen molar-refractivity contribution in [2.75, 3.05) is 23.4 Å². The second kappa shape index (κ2) is 8.55. The highest BCUT2D eigenvalue weighted by molar-refractivity contribution is 6.32. The molecular formula is C20H16ClN3O4. The molecule has 0 aromatic heterocycles. The lowest BCUT2D eigenvalue weighted by Gasteiger charge is -2.18. The molecule has 8 heteroatoms. The van der Waals surface area contributed by atoms with Gasteiger partial charge in [-0.3, -0.25) is 9.59 Å². The Hall–Kier alpha value is -3.37. The van der Waals surface area contributed by atoms with Crippen LogP contribution in [0.4, 0.5) is 11.4 Å². The number of hydrogen-bond acceptors (Lipinski definition) is 5. The fourth-order valence-electron chi connectivity index (χ4n) is 2.87. The number of nitriles is 1. The smallest absolute Gasteiger partial charge is 0.340 e. The maximum absolute atomic E-state index is 12.4. The van der Waals surface area contributed by atoms with Gasteiger partial charge in [0, 0.05) is 18.7 Å². The topological polar surface area (TPSA) is 99.5 Å². The van der Waals surface area contributed by atoms with Gasteiger partial charge in [0.1, 0.15) is 6.07 Å². The van der Waals surface area contributed by atoms with Gasteiger partial charge in [0.25, 0.3) is 5.91 Å². The molecule has 1 aliphatic rings. The summed E-state index contributed by atoms with van der Waals surface area (Å²) in [4.78, 5) is 38.0. The Balaban J connectivity index is 1.63. The molecule has 0 saturated carbocycles. The van der Waals surface area contributed by atoms with E-state index < -0.39 is 18.5 Å². The Morgan fingerprint density at radius 1 is 1.25 bits per heavy atom. The Bertz CT molecular complexity index is 984. The van der Waals surface area contributed by atoms with E-state index in [1.54, 1.807) is 29.2 Å². The molecule has 0 spiro atoms. The number of ether oxygens (including phenoxy) is 1. The first-order chi connectivity index (χ1) is 13.5. The monoisotopic (exact) mass is 397 g/mol. The van der Waals surface area contributed by atoms with Crippen LogP contribution in [0.2, 0.25) is 5.02 Å². The van der Waals surface area contributed by atoms with E-state index in [2.05, 4.69) is 5.32 Å². The lowest BCUT2D eigenvalue weighted by molar-refractivity contribution is -0.119. The average Bonchev–Trinajstić information content (AvgIpc) is 3.12. The summed E-state index contributed by atoms with van der Waals surface area (Å²) in [6, 6.07) is 13.0. The number of carbonyl (C=O) groups is 3. The molecule has 28 heavy (non-hydrogen) atoms. The first kappa shape index (κ1) is 19.4. The number of benzene rings is 2. The van der Waals surface area contributed by atoms with E-state index in [1.165, 1.54) is 18.2 Å². The molecule has 2 aromatic rings. The van der Waals surface area contributed by atoms with E-state index in [0.717, 1.165) is 6.42 Å². The lowest BCUT2D eigenvalue weighted by atomic mass is 10.1. The number of halogens is 1. The standard InChI is InChI=1S/C20H16ClN3O4/c21-16-10-14(8-7-13(16)11-22)23-18(25)12-28-20(27)15-4-1-2-5-17(15)24-9-3-6-19(24)26/h1-2,4-5,7-8,10H,3,6,9,12H2,(H,23,25). The van der Waals surface area contributed by atoms with E-state index in [1.807, 2.05) is 6.07 Å². The molecule has 2 aromatic carbocycles. The molecule has 0 aliphatic carbocycles. The third-order valence-electron chi connectivity index (χ3n) is 4.20. The van der Waals surface area contributed by atoms with Crippen molar-refractivity contribution in [3.05, 3.63) is 58.6 Å². The van der Waals surface area contributed by atoms with Gasteiger partial charge in [-0.15, -0.1) is 0 Å². The van der Waals surface area contributed by atoms with Crippen molar-refractivity contribution in [3.63, 3.8) is 0 Å². The largest absolute Gasteiger partial charge is 0.452 e. The van der Waals surface area contributed by atoms with Gasteiger partial charge in [0.05, 0.1) is 21.8 Å². The van der Waals surface area contributed by atoms with E-state index in [4.69, 9.17) is 21.6 Å². The van der Waals surface area contributed by atoms with Gasteiger partial charge >= 0.3 is 5.97 Å². The van der Waals surface area contributed by atoms with Gasteiger partial charge in [-0.05, 0) is 36.8 Å². The van der Waals surface area contributed by atoms with Crippen LogP contribution in [0.25, 0.3) is 0 Å². The molecule has 1 N–H and O–H groups in total. The first-order valence-corrected chi connectivity index (χ1v) is 8.93. The molecule has 1 fully saturated rings. The predicted octanol–water partition coefficient (Wildman–Crippen LogP) is 3.13. The third-order valence-corrected chi connectivity index (χ3v) is 4.51. The van der Waals surface area contributed by atoms with Gasteiger partial charge in [-0.25, -0.2) is 4.79 Å². The van der Waals surface area contributed by atoms with Crippen LogP contribution >= 0.6 is 11.6 Å². The van der Waals surface area contributed by atoms with Crippen LogP contribution in [-0.2, 0) is 14.3 Å². The van der Waals surface area contributed by atoms with Gasteiger partial charge in [0.15, 0.2) is 6.61 Å². The third kappa shape index (κ3) is 4.30. The van der Waals surface area contributed by atoms with Gasteiger partial charge in [0.2, 0.25) is 5.91 Å². The Morgan fingerprint density at radius 3 is 2.71 bits per heavy atom. The highest BCUT2D eigenvalue weighted by Crippen LogP contribution is 2.26. The molecule has 0 bridgehead atoms. The number of anilines is 2. The number of esters is 1. The summed E-state index contributed by atoms with van der Waals surface area (Å²) in [5.41, 5.74) is 1.38. The van der Waals surface area contributed by atoms with Crippen LogP contribution in [0, 0.1) is 11.3 Å². The maximum Gasteiger partial charge on any atom is 0.340 e. The van der Waals surface area contributed by atoms with Crippen LogP contribution in [0.1, 0.15) is 28.8 Å². The molecule has 142 valence electrons. The second-order valence-corrected chi connectivity index (χ2v) is 6.50. The fraction of sp³-hybridized carbons (Fsp3) is 0.200. The number of amides is 2. The molecule has 1 aliphatic heterocycles. The quantitative estimate of drug-likeness (QED) is 0.781. The van der Waals surface area contributed by atoms with Crippen molar-refractivity contribution < 1.29 is 19.1 Å². The van der Waals surface area contributed by atoms with Crippen LogP contribution in [0.3, 0.4) is 0 Å². The highest BCUT2D eigenvalue weighted by Gasteiger charge is 2.26. The fourth-order valence-corrected chi connectivity index (χ4v) is 3.10. The van der Waals surface area contributed by atoms with Gasteiger partial charge in [-0.1, -0.05) is 23.7 Å². The van der Waals surface area contributed by atoms with Crippen molar-refractivity contribution >= 4 is 40.8 Å². The number of carbonyl (C=O) groups excluding carboxylic acids is 3. The predicted molar refractivity (Wildman–Crippen MR) is 103 cm³/mol. The first-order valence-electron chi connectivity index (χ1n) is 8.55. The summed E-state index contributed by atoms with van der Waals surface area (Å²) in [6.07, 6.45) is 1.18. The number of para-hydroxylation sites is 1. The summed E-state index contributed by atoms with van der Waals surface area (Å²) in [5, 5.41) is 11.6. The number of hydrogen-bond donors (Lipinski definition) is 1. The van der Waals surface area contributed by atoms with Crippen LogP contribution in [0.5, 0.6) is 0 Å². The second-order valence-electron chi connectivity index (χ2n) is 6.10. The lowest BCUT2D eigenvalue weighted by Crippen LogP contribution is -2.27. The molecule has 0 radical (unpaired) electrons. The molecule has 7 nitrogen and oxygen atoms in total. The Morgan fingerprint density at radius 2 is 2.04 bits per heavy atom. The zero-order valence-electron chi connectivity index (χ0n) is 14.8. The summed E-state index contributed by atoms with van der Waals surface area (Å²) >= 11 is 5.92. The summed E-state index contributed by atoms with van der Waals surface area (Å²) in [5.74, 6) is -1.29. The number of rotatable bonds is 5. The van der Waals surface area contributed by atoms with Gasteiger partial charge < -0.3 is 15.0 Å². The summed E-state index contributed by atoms with van der Waals surface area (Å²) in [6.45, 7) is 0.0435. The Kier molecular flexibility index (Phi) is 5.92. The zero-order valence-corrected chi connectivity index (χ0v) is 15.5. The molecule has 0 atom stereocenters. The maximum atomic E-state index is 12.4. The Labute approximate surface area is 166 Å². The van der Waals surface area contributed by atoms with E-state index in [0.29, 0.717) is 29.9 Å². The van der Waals surface area contributed by atoms with Crippen LogP contribution in [-0.4, -0.2) is 30.9 Å². The number of nitrogens with zero attached hydrogens (tertiary/aromatic N) is 2. The minimum Gasteiger partial charge on any atom is -0.452 e. The molecule has 2 amide bonds. The molecule has 1 saturated heterocycles. The van der Waals surface area contributed by atoms with Crippen LogP contribution < -0.4 is 10.2 Å². The minimum atomic E-state index is -0.691. The van der Waals surface area contributed by atoms with E-state index in [-0.39, 0.29) is 16.5 Å². The normalized spacial score (nSPS) is 13.1. The molecule has 0 unspecified atom stereocenters. The SMILES string of the molecule is N#Cc1ccc(NC(=O)COC(=O)c2ccccc2N2CCCC2=O)cc1Cl. The van der Waals surface area contributed by atoms with Crippen molar-refractivity contribution in [2.24, 2.45) is 0 Å². The molecule has 3 rings (SSSR count). The zero-order chi connectivity index (χ0) is 20.1. The molecule has 1 heterocycles. The van der Waals surface area contributed by atoms with Gasteiger partial charge in [-0.2, -0.15) is 5.26 Å².